The van der Waals surface area contributed by atoms with E-state index in [1.807, 2.05) is 18.2 Å². The van der Waals surface area contributed by atoms with Gasteiger partial charge in [-0.15, -0.1) is 0 Å². The zero-order valence-electron chi connectivity index (χ0n) is 12.9. The van der Waals surface area contributed by atoms with Crippen molar-refractivity contribution in [3.05, 3.63) is 58.6 Å². The molecule has 0 unspecified atom stereocenters. The van der Waals surface area contributed by atoms with E-state index in [1.165, 1.54) is 0 Å². The molecule has 0 spiro atoms. The highest BCUT2D eigenvalue weighted by atomic mass is 35.5. The highest BCUT2D eigenvalue weighted by Gasteiger charge is 2.21. The second-order valence-corrected chi connectivity index (χ2v) is 7.08. The lowest BCUT2D eigenvalue weighted by atomic mass is 10.0. The van der Waals surface area contributed by atoms with E-state index in [0.717, 1.165) is 5.56 Å². The summed E-state index contributed by atoms with van der Waals surface area (Å²) in [5.41, 5.74) is 1.62. The number of rotatable bonds is 7. The number of aliphatic hydroxyl groups is 1. The monoisotopic (exact) mass is 364 g/mol. The van der Waals surface area contributed by atoms with Crippen LogP contribution in [0.15, 0.2) is 42.5 Å². The van der Waals surface area contributed by atoms with Gasteiger partial charge in [0.2, 0.25) is 6.79 Å². The Kier molecular flexibility index (Phi) is 5.66. The minimum atomic E-state index is -0.0603. The molecule has 0 saturated carbocycles. The van der Waals surface area contributed by atoms with E-state index in [1.54, 1.807) is 36.0 Å². The van der Waals surface area contributed by atoms with Crippen LogP contribution in [0.25, 0.3) is 0 Å². The molecule has 4 nitrogen and oxygen atoms in total. The maximum atomic E-state index is 12.6. The van der Waals surface area contributed by atoms with Gasteiger partial charge in [0.1, 0.15) is 0 Å². The van der Waals surface area contributed by atoms with Gasteiger partial charge in [-0.3, -0.25) is 4.79 Å². The smallest absolute Gasteiger partial charge is 0.231 e. The molecule has 1 heterocycles. The number of hydrogen-bond acceptors (Lipinski definition) is 5. The van der Waals surface area contributed by atoms with Crippen molar-refractivity contribution >= 4 is 29.1 Å². The predicted molar refractivity (Wildman–Crippen MR) is 95.2 cm³/mol. The number of fused-ring (bicyclic) bond motifs is 1. The average molecular weight is 365 g/mol. The van der Waals surface area contributed by atoms with Crippen molar-refractivity contribution in [2.75, 3.05) is 19.2 Å². The zero-order chi connectivity index (χ0) is 16.9. The lowest BCUT2D eigenvalue weighted by molar-refractivity contribution is 0.0982. The third kappa shape index (κ3) is 4.04. The molecule has 1 atom stereocenters. The van der Waals surface area contributed by atoms with Crippen LogP contribution in [-0.2, 0) is 0 Å². The summed E-state index contributed by atoms with van der Waals surface area (Å²) in [5, 5.41) is 9.68. The first-order valence-electron chi connectivity index (χ1n) is 7.58. The third-order valence-corrected chi connectivity index (χ3v) is 5.23. The van der Waals surface area contributed by atoms with Gasteiger partial charge in [0, 0.05) is 28.0 Å². The molecule has 2 aromatic carbocycles. The highest BCUT2D eigenvalue weighted by Crippen LogP contribution is 2.39. The van der Waals surface area contributed by atoms with Gasteiger partial charge >= 0.3 is 0 Å². The Morgan fingerprint density at radius 3 is 2.67 bits per heavy atom. The summed E-state index contributed by atoms with van der Waals surface area (Å²) in [7, 11) is 0. The highest BCUT2D eigenvalue weighted by molar-refractivity contribution is 7.99. The SMILES string of the molecule is O=C(C[C@H](SCCO)c1ccc2c(c1)OCO2)c1ccc(Cl)cc1. The number of hydrogen-bond donors (Lipinski definition) is 1. The minimum Gasteiger partial charge on any atom is -0.454 e. The average Bonchev–Trinajstić information content (AvgIpc) is 3.06. The summed E-state index contributed by atoms with van der Waals surface area (Å²) in [5.74, 6) is 2.02. The van der Waals surface area contributed by atoms with Crippen molar-refractivity contribution in [1.82, 2.24) is 0 Å². The molecule has 1 aliphatic rings. The number of ether oxygens (including phenoxy) is 2. The maximum absolute atomic E-state index is 12.6. The number of halogens is 1. The molecule has 0 bridgehead atoms. The van der Waals surface area contributed by atoms with E-state index in [2.05, 4.69) is 0 Å². The molecule has 0 saturated heterocycles. The number of carbonyl (C=O) groups excluding carboxylic acids is 1. The van der Waals surface area contributed by atoms with Crippen LogP contribution in [-0.4, -0.2) is 30.0 Å². The van der Waals surface area contributed by atoms with Crippen LogP contribution in [0.5, 0.6) is 11.5 Å². The fraction of sp³-hybridized carbons (Fsp3) is 0.278. The topological polar surface area (TPSA) is 55.8 Å². The van der Waals surface area contributed by atoms with E-state index in [-0.39, 0.29) is 24.4 Å². The molecule has 2 aromatic rings. The van der Waals surface area contributed by atoms with Crippen LogP contribution in [0.2, 0.25) is 5.02 Å². The van der Waals surface area contributed by atoms with Gasteiger partial charge in [-0.25, -0.2) is 0 Å². The summed E-state index contributed by atoms with van der Waals surface area (Å²) >= 11 is 7.42. The van der Waals surface area contributed by atoms with Crippen molar-refractivity contribution in [2.24, 2.45) is 0 Å². The molecule has 0 aliphatic carbocycles. The molecule has 6 heteroatoms. The quantitative estimate of drug-likeness (QED) is 0.749. The fourth-order valence-corrected chi connectivity index (χ4v) is 3.63. The van der Waals surface area contributed by atoms with Crippen LogP contribution < -0.4 is 9.47 Å². The number of Topliss-reactive ketones (excluding diaryl/α,β-unsaturated/α-hetero) is 1. The maximum Gasteiger partial charge on any atom is 0.231 e. The number of carbonyl (C=O) groups is 1. The van der Waals surface area contributed by atoms with E-state index < -0.39 is 0 Å². The largest absolute Gasteiger partial charge is 0.454 e. The third-order valence-electron chi connectivity index (χ3n) is 3.72. The van der Waals surface area contributed by atoms with Crippen molar-refractivity contribution in [3.63, 3.8) is 0 Å². The first-order chi connectivity index (χ1) is 11.7. The van der Waals surface area contributed by atoms with Gasteiger partial charge in [-0.1, -0.05) is 17.7 Å². The summed E-state index contributed by atoms with van der Waals surface area (Å²) in [6, 6.07) is 12.6. The molecule has 1 N–H and O–H groups in total. The summed E-state index contributed by atoms with van der Waals surface area (Å²) < 4.78 is 10.7. The molecular formula is C18H17ClO4S. The van der Waals surface area contributed by atoms with E-state index >= 15 is 0 Å². The van der Waals surface area contributed by atoms with Crippen LogP contribution in [0.4, 0.5) is 0 Å². The van der Waals surface area contributed by atoms with Gasteiger partial charge in [0.05, 0.1) is 6.61 Å². The number of thioether (sulfide) groups is 1. The molecule has 24 heavy (non-hydrogen) atoms. The van der Waals surface area contributed by atoms with Crippen LogP contribution in [0, 0.1) is 0 Å². The molecule has 0 aromatic heterocycles. The summed E-state index contributed by atoms with van der Waals surface area (Å²) in [6.07, 6.45) is 0.339. The number of benzene rings is 2. The van der Waals surface area contributed by atoms with Crippen LogP contribution in [0.1, 0.15) is 27.6 Å². The Labute approximate surface area is 149 Å². The van der Waals surface area contributed by atoms with Crippen molar-refractivity contribution in [2.45, 2.75) is 11.7 Å². The zero-order valence-corrected chi connectivity index (χ0v) is 14.5. The Balaban J connectivity index is 1.78. The minimum absolute atomic E-state index is 0.0415. The van der Waals surface area contributed by atoms with Crippen LogP contribution in [0.3, 0.4) is 0 Å². The lowest BCUT2D eigenvalue weighted by Crippen LogP contribution is -2.07. The van der Waals surface area contributed by atoms with Gasteiger partial charge in [0.25, 0.3) is 0 Å². The molecule has 0 fully saturated rings. The van der Waals surface area contributed by atoms with Crippen molar-refractivity contribution in [3.8, 4) is 11.5 Å². The van der Waals surface area contributed by atoms with Gasteiger partial charge < -0.3 is 14.6 Å². The molecule has 0 radical (unpaired) electrons. The molecule has 3 rings (SSSR count). The number of aliphatic hydroxyl groups excluding tert-OH is 1. The number of ketones is 1. The molecule has 0 amide bonds. The standard InChI is InChI=1S/C18H17ClO4S/c19-14-4-1-12(2-5-14)15(21)10-18(24-8-7-20)13-3-6-16-17(9-13)23-11-22-16/h1-6,9,18,20H,7-8,10-11H2/t18-/m0/s1. The van der Waals surface area contributed by atoms with E-state index in [9.17, 15) is 4.79 Å². The molecular weight excluding hydrogens is 348 g/mol. The second kappa shape index (κ2) is 7.92. The van der Waals surface area contributed by atoms with Gasteiger partial charge in [0.15, 0.2) is 17.3 Å². The van der Waals surface area contributed by atoms with Gasteiger partial charge in [-0.05, 0) is 42.0 Å². The van der Waals surface area contributed by atoms with Gasteiger partial charge in [-0.2, -0.15) is 11.8 Å². The Morgan fingerprint density at radius 1 is 1.17 bits per heavy atom. The Hall–Kier alpha value is -1.69. The molecule has 1 aliphatic heterocycles. The molecule has 126 valence electrons. The lowest BCUT2D eigenvalue weighted by Gasteiger charge is -2.16. The predicted octanol–water partition coefficient (Wildman–Crippen LogP) is 4.11. The Bertz CT molecular complexity index is 717. The first-order valence-corrected chi connectivity index (χ1v) is 9.01. The summed E-state index contributed by atoms with van der Waals surface area (Å²) in [4.78, 5) is 12.6. The normalized spacial score (nSPS) is 13.8. The van der Waals surface area contributed by atoms with Crippen molar-refractivity contribution < 1.29 is 19.4 Å². The van der Waals surface area contributed by atoms with E-state index in [4.69, 9.17) is 26.2 Å². The van der Waals surface area contributed by atoms with Crippen LogP contribution >= 0.6 is 23.4 Å². The van der Waals surface area contributed by atoms with E-state index in [0.29, 0.717) is 34.3 Å². The second-order valence-electron chi connectivity index (χ2n) is 5.33. The Morgan fingerprint density at radius 2 is 1.92 bits per heavy atom. The van der Waals surface area contributed by atoms with Crippen molar-refractivity contribution in [1.29, 1.82) is 0 Å². The summed E-state index contributed by atoms with van der Waals surface area (Å²) in [6.45, 7) is 0.289. The first kappa shape index (κ1) is 17.1. The fourth-order valence-electron chi connectivity index (χ4n) is 2.50.